The van der Waals surface area contributed by atoms with Gasteiger partial charge in [-0.3, -0.25) is 4.90 Å². The van der Waals surface area contributed by atoms with Crippen molar-refractivity contribution in [3.63, 3.8) is 0 Å². The number of ether oxygens (including phenoxy) is 1. The van der Waals surface area contributed by atoms with E-state index in [1.807, 2.05) is 0 Å². The summed E-state index contributed by atoms with van der Waals surface area (Å²) in [6.07, 6.45) is 7.28. The van der Waals surface area contributed by atoms with Crippen LogP contribution < -0.4 is 0 Å². The highest BCUT2D eigenvalue weighted by Gasteiger charge is 2.31. The zero-order valence-electron chi connectivity index (χ0n) is 9.01. The summed E-state index contributed by atoms with van der Waals surface area (Å²) in [6.45, 7) is 4.32. The molecular formula is C12H18N2O. The highest BCUT2D eigenvalue weighted by atomic mass is 16.5. The van der Waals surface area contributed by atoms with Crippen LogP contribution in [0.5, 0.6) is 0 Å². The van der Waals surface area contributed by atoms with Crippen molar-refractivity contribution >= 4 is 0 Å². The Labute approximate surface area is 90.6 Å². The number of hydrogen-bond acceptors (Lipinski definition) is 2. The van der Waals surface area contributed by atoms with Crippen LogP contribution in [0, 0.1) is 0 Å². The molecule has 2 fully saturated rings. The van der Waals surface area contributed by atoms with Crippen LogP contribution in [0.1, 0.15) is 12.8 Å². The van der Waals surface area contributed by atoms with Gasteiger partial charge >= 0.3 is 0 Å². The van der Waals surface area contributed by atoms with E-state index in [1.54, 1.807) is 0 Å². The molecule has 2 atom stereocenters. The third-order valence-corrected chi connectivity index (χ3v) is 3.54. The predicted molar refractivity (Wildman–Crippen MR) is 58.8 cm³/mol. The fraction of sp³-hybridized carbons (Fsp3) is 0.667. The Morgan fingerprint density at radius 2 is 2.13 bits per heavy atom. The van der Waals surface area contributed by atoms with Crippen molar-refractivity contribution in [2.24, 2.45) is 0 Å². The van der Waals surface area contributed by atoms with Gasteiger partial charge in [-0.05, 0) is 31.5 Å². The molecule has 3 nitrogen and oxygen atoms in total. The van der Waals surface area contributed by atoms with E-state index in [0.717, 1.165) is 19.7 Å². The summed E-state index contributed by atoms with van der Waals surface area (Å²) in [4.78, 5) is 2.59. The van der Waals surface area contributed by atoms with Crippen molar-refractivity contribution in [1.82, 2.24) is 9.47 Å². The summed E-state index contributed by atoms with van der Waals surface area (Å²) >= 11 is 0. The largest absolute Gasteiger partial charge is 0.373 e. The molecule has 3 heterocycles. The highest BCUT2D eigenvalue weighted by molar-refractivity contribution is 4.92. The van der Waals surface area contributed by atoms with Crippen molar-refractivity contribution < 1.29 is 4.74 Å². The minimum atomic E-state index is 0.381. The van der Waals surface area contributed by atoms with E-state index in [-0.39, 0.29) is 0 Å². The van der Waals surface area contributed by atoms with Gasteiger partial charge in [-0.1, -0.05) is 0 Å². The van der Waals surface area contributed by atoms with Gasteiger partial charge in [0, 0.05) is 31.5 Å². The highest BCUT2D eigenvalue weighted by Crippen LogP contribution is 2.23. The molecule has 2 aliphatic rings. The summed E-state index contributed by atoms with van der Waals surface area (Å²) < 4.78 is 8.11. The van der Waals surface area contributed by atoms with Gasteiger partial charge in [0.2, 0.25) is 0 Å². The van der Waals surface area contributed by atoms with Crippen LogP contribution in [0.15, 0.2) is 24.5 Å². The van der Waals surface area contributed by atoms with Crippen LogP contribution in [-0.2, 0) is 11.3 Å². The molecule has 0 amide bonds. The average molecular weight is 206 g/mol. The molecule has 0 spiro atoms. The second-order valence-corrected chi connectivity index (χ2v) is 4.63. The first-order valence-corrected chi connectivity index (χ1v) is 5.88. The van der Waals surface area contributed by atoms with E-state index in [1.165, 1.54) is 19.4 Å². The lowest BCUT2D eigenvalue weighted by molar-refractivity contribution is -0.0551. The second kappa shape index (κ2) is 3.99. The molecule has 0 bridgehead atoms. The Kier molecular flexibility index (Phi) is 2.51. The van der Waals surface area contributed by atoms with Crippen molar-refractivity contribution in [2.45, 2.75) is 31.5 Å². The molecule has 3 heteroatoms. The molecule has 82 valence electrons. The average Bonchev–Trinajstić information content (AvgIpc) is 2.87. The number of morpholine rings is 1. The van der Waals surface area contributed by atoms with Gasteiger partial charge in [0.05, 0.1) is 12.7 Å². The van der Waals surface area contributed by atoms with Crippen LogP contribution in [0.25, 0.3) is 0 Å². The minimum Gasteiger partial charge on any atom is -0.373 e. The smallest absolute Gasteiger partial charge is 0.0881 e. The Morgan fingerprint density at radius 3 is 3.00 bits per heavy atom. The molecule has 2 aliphatic heterocycles. The Bertz CT molecular complexity index is 309. The lowest BCUT2D eigenvalue weighted by Gasteiger charge is -2.35. The monoisotopic (exact) mass is 206 g/mol. The van der Waals surface area contributed by atoms with E-state index in [2.05, 4.69) is 34.0 Å². The van der Waals surface area contributed by atoms with Gasteiger partial charge in [0.25, 0.3) is 0 Å². The van der Waals surface area contributed by atoms with Crippen LogP contribution >= 0.6 is 0 Å². The summed E-state index contributed by atoms with van der Waals surface area (Å²) in [7, 11) is 0. The fourth-order valence-corrected chi connectivity index (χ4v) is 2.72. The molecule has 1 aromatic rings. The molecule has 1 aromatic heterocycles. The summed E-state index contributed by atoms with van der Waals surface area (Å²) in [5, 5.41) is 0. The van der Waals surface area contributed by atoms with Gasteiger partial charge in [-0.2, -0.15) is 0 Å². The third-order valence-electron chi connectivity index (χ3n) is 3.54. The molecule has 0 radical (unpaired) electrons. The molecule has 2 saturated heterocycles. The van der Waals surface area contributed by atoms with E-state index >= 15 is 0 Å². The summed E-state index contributed by atoms with van der Waals surface area (Å²) in [5.74, 6) is 0. The number of aromatic nitrogens is 1. The Balaban J connectivity index is 1.59. The maximum absolute atomic E-state index is 5.90. The van der Waals surface area contributed by atoms with E-state index in [0.29, 0.717) is 12.1 Å². The third kappa shape index (κ3) is 1.94. The van der Waals surface area contributed by atoms with Gasteiger partial charge in [-0.15, -0.1) is 0 Å². The van der Waals surface area contributed by atoms with Crippen LogP contribution in [0.3, 0.4) is 0 Å². The summed E-state index contributed by atoms with van der Waals surface area (Å²) in [6, 6.07) is 4.86. The Hall–Kier alpha value is -0.800. The molecule has 2 unspecified atom stereocenters. The molecule has 0 aromatic carbocycles. The van der Waals surface area contributed by atoms with E-state index in [4.69, 9.17) is 4.74 Å². The maximum atomic E-state index is 5.90. The minimum absolute atomic E-state index is 0.381. The van der Waals surface area contributed by atoms with Gasteiger partial charge in [-0.25, -0.2) is 0 Å². The maximum Gasteiger partial charge on any atom is 0.0881 e. The number of hydrogen-bond donors (Lipinski definition) is 0. The normalized spacial score (nSPS) is 31.7. The second-order valence-electron chi connectivity index (χ2n) is 4.63. The lowest BCUT2D eigenvalue weighted by Crippen LogP contribution is -2.47. The van der Waals surface area contributed by atoms with E-state index in [9.17, 15) is 0 Å². The lowest BCUT2D eigenvalue weighted by atomic mass is 10.2. The zero-order chi connectivity index (χ0) is 10.1. The van der Waals surface area contributed by atoms with E-state index < -0.39 is 0 Å². The SMILES string of the molecule is c1ccn(CC2CN3CCCC3CO2)c1. The van der Waals surface area contributed by atoms with Crippen LogP contribution in [-0.4, -0.2) is 41.3 Å². The first-order chi connectivity index (χ1) is 7.42. The van der Waals surface area contributed by atoms with Gasteiger partial charge < -0.3 is 9.30 Å². The molecule has 3 rings (SSSR count). The molecule has 0 saturated carbocycles. The number of rotatable bonds is 2. The predicted octanol–water partition coefficient (Wildman–Crippen LogP) is 1.35. The summed E-state index contributed by atoms with van der Waals surface area (Å²) in [5.41, 5.74) is 0. The van der Waals surface area contributed by atoms with Crippen LogP contribution in [0.4, 0.5) is 0 Å². The fourth-order valence-electron chi connectivity index (χ4n) is 2.72. The zero-order valence-corrected chi connectivity index (χ0v) is 9.01. The molecular weight excluding hydrogens is 188 g/mol. The first kappa shape index (κ1) is 9.43. The van der Waals surface area contributed by atoms with Crippen molar-refractivity contribution in [1.29, 1.82) is 0 Å². The molecule has 15 heavy (non-hydrogen) atoms. The van der Waals surface area contributed by atoms with Gasteiger partial charge in [0.1, 0.15) is 0 Å². The topological polar surface area (TPSA) is 17.4 Å². The standard InChI is InChI=1S/C12H18N2O/c1-2-6-13(5-1)8-12-9-14-7-3-4-11(14)10-15-12/h1-2,5-6,11-12H,3-4,7-10H2. The van der Waals surface area contributed by atoms with Crippen molar-refractivity contribution in [2.75, 3.05) is 19.7 Å². The number of fused-ring (bicyclic) bond motifs is 1. The van der Waals surface area contributed by atoms with Crippen molar-refractivity contribution in [3.05, 3.63) is 24.5 Å². The Morgan fingerprint density at radius 1 is 1.27 bits per heavy atom. The quantitative estimate of drug-likeness (QED) is 0.726. The van der Waals surface area contributed by atoms with Crippen LogP contribution in [0.2, 0.25) is 0 Å². The first-order valence-electron chi connectivity index (χ1n) is 5.88. The molecule has 0 aliphatic carbocycles. The molecule has 0 N–H and O–H groups in total. The van der Waals surface area contributed by atoms with Crippen molar-refractivity contribution in [3.8, 4) is 0 Å². The number of nitrogens with zero attached hydrogens (tertiary/aromatic N) is 2. The van der Waals surface area contributed by atoms with Gasteiger partial charge in [0.15, 0.2) is 0 Å².